The first-order valence-corrected chi connectivity index (χ1v) is 7.06. The Hall–Kier alpha value is -1.59. The molecule has 1 aromatic rings. The summed E-state index contributed by atoms with van der Waals surface area (Å²) in [6, 6.07) is 5.78. The van der Waals surface area contributed by atoms with E-state index in [4.69, 9.17) is 4.74 Å². The number of ether oxygens (including phenoxy) is 1. The van der Waals surface area contributed by atoms with Gasteiger partial charge in [0.2, 0.25) is 5.91 Å². The Morgan fingerprint density at radius 2 is 2.15 bits per heavy atom. The molecule has 1 amide bonds. The van der Waals surface area contributed by atoms with Crippen LogP contribution in [0.2, 0.25) is 0 Å². The zero-order chi connectivity index (χ0) is 14.4. The molecule has 0 spiro atoms. The van der Waals surface area contributed by atoms with Gasteiger partial charge in [-0.2, -0.15) is 0 Å². The maximum absolute atomic E-state index is 12.0. The number of hydrogen-bond acceptors (Lipinski definition) is 4. The Morgan fingerprint density at radius 1 is 1.40 bits per heavy atom. The number of piperazine rings is 1. The summed E-state index contributed by atoms with van der Waals surface area (Å²) < 4.78 is 5.26. The number of methoxy groups -OCH3 is 1. The molecule has 20 heavy (non-hydrogen) atoms. The number of carbonyl (C=O) groups excluding carboxylic acids is 1. The van der Waals surface area contributed by atoms with E-state index in [-0.39, 0.29) is 5.91 Å². The third-order valence-electron chi connectivity index (χ3n) is 3.49. The van der Waals surface area contributed by atoms with Gasteiger partial charge >= 0.3 is 0 Å². The molecule has 0 radical (unpaired) electrons. The van der Waals surface area contributed by atoms with E-state index in [1.807, 2.05) is 25.1 Å². The van der Waals surface area contributed by atoms with Crippen molar-refractivity contribution in [2.75, 3.05) is 45.2 Å². The largest absolute Gasteiger partial charge is 0.495 e. The highest BCUT2D eigenvalue weighted by Gasteiger charge is 2.12. The number of amides is 1. The highest BCUT2D eigenvalue weighted by Crippen LogP contribution is 2.25. The van der Waals surface area contributed by atoms with Crippen molar-refractivity contribution >= 4 is 11.6 Å². The van der Waals surface area contributed by atoms with Crippen molar-refractivity contribution in [3.8, 4) is 5.75 Å². The summed E-state index contributed by atoms with van der Waals surface area (Å²) in [5.41, 5.74) is 1.85. The number of nitrogens with one attached hydrogen (secondary N) is 2. The molecule has 0 atom stereocenters. The van der Waals surface area contributed by atoms with Crippen molar-refractivity contribution in [2.24, 2.45) is 0 Å². The number of carbonyl (C=O) groups is 1. The molecule has 1 aliphatic rings. The number of anilines is 1. The SMILES string of the molecule is COc1ccc(C)cc1NC(=O)CCN1CCNCC1. The van der Waals surface area contributed by atoms with Crippen LogP contribution in [0.4, 0.5) is 5.69 Å². The van der Waals surface area contributed by atoms with E-state index in [1.54, 1.807) is 7.11 Å². The fraction of sp³-hybridized carbons (Fsp3) is 0.533. The summed E-state index contributed by atoms with van der Waals surface area (Å²) in [6.45, 7) is 6.85. The van der Waals surface area contributed by atoms with Crippen molar-refractivity contribution in [3.05, 3.63) is 23.8 Å². The average Bonchev–Trinajstić information content (AvgIpc) is 2.46. The van der Waals surface area contributed by atoms with Crippen LogP contribution in [0.25, 0.3) is 0 Å². The Labute approximate surface area is 120 Å². The minimum atomic E-state index is 0.0347. The quantitative estimate of drug-likeness (QED) is 0.850. The molecular formula is C15H23N3O2. The van der Waals surface area contributed by atoms with Crippen LogP contribution < -0.4 is 15.4 Å². The van der Waals surface area contributed by atoms with Gasteiger partial charge < -0.3 is 20.3 Å². The van der Waals surface area contributed by atoms with Crippen LogP contribution in [0.1, 0.15) is 12.0 Å². The lowest BCUT2D eigenvalue weighted by Gasteiger charge is -2.26. The third-order valence-corrected chi connectivity index (χ3v) is 3.49. The lowest BCUT2D eigenvalue weighted by molar-refractivity contribution is -0.116. The van der Waals surface area contributed by atoms with Gasteiger partial charge in [-0.05, 0) is 24.6 Å². The number of benzene rings is 1. The van der Waals surface area contributed by atoms with Crippen LogP contribution >= 0.6 is 0 Å². The molecule has 0 unspecified atom stereocenters. The van der Waals surface area contributed by atoms with E-state index in [0.29, 0.717) is 12.2 Å². The maximum atomic E-state index is 12.0. The topological polar surface area (TPSA) is 53.6 Å². The first-order valence-electron chi connectivity index (χ1n) is 7.06. The van der Waals surface area contributed by atoms with Gasteiger partial charge in [-0.1, -0.05) is 6.07 Å². The van der Waals surface area contributed by atoms with Crippen molar-refractivity contribution < 1.29 is 9.53 Å². The summed E-state index contributed by atoms with van der Waals surface area (Å²) in [7, 11) is 1.61. The number of rotatable bonds is 5. The molecule has 1 heterocycles. The first kappa shape index (κ1) is 14.8. The molecule has 1 saturated heterocycles. The van der Waals surface area contributed by atoms with Gasteiger partial charge in [-0.25, -0.2) is 0 Å². The molecule has 0 bridgehead atoms. The van der Waals surface area contributed by atoms with Gasteiger partial charge in [0.25, 0.3) is 0 Å². The molecule has 1 fully saturated rings. The van der Waals surface area contributed by atoms with Crippen LogP contribution in [-0.4, -0.2) is 50.6 Å². The monoisotopic (exact) mass is 277 g/mol. The zero-order valence-electron chi connectivity index (χ0n) is 12.2. The Morgan fingerprint density at radius 3 is 2.85 bits per heavy atom. The Kier molecular flexibility index (Phi) is 5.38. The molecule has 1 aliphatic heterocycles. The number of aryl methyl sites for hydroxylation is 1. The standard InChI is InChI=1S/C15H23N3O2/c1-12-3-4-14(20-2)13(11-12)17-15(19)5-8-18-9-6-16-7-10-18/h3-4,11,16H,5-10H2,1-2H3,(H,17,19). The molecular weight excluding hydrogens is 254 g/mol. The molecule has 0 aliphatic carbocycles. The fourth-order valence-corrected chi connectivity index (χ4v) is 2.33. The second-order valence-corrected chi connectivity index (χ2v) is 5.09. The summed E-state index contributed by atoms with van der Waals surface area (Å²) >= 11 is 0. The first-order chi connectivity index (χ1) is 9.69. The van der Waals surface area contributed by atoms with Crippen LogP contribution in [0.3, 0.4) is 0 Å². The maximum Gasteiger partial charge on any atom is 0.225 e. The molecule has 2 N–H and O–H groups in total. The summed E-state index contributed by atoms with van der Waals surface area (Å²) in [5, 5.41) is 6.24. The summed E-state index contributed by atoms with van der Waals surface area (Å²) in [6.07, 6.45) is 0.511. The number of hydrogen-bond donors (Lipinski definition) is 2. The van der Waals surface area contributed by atoms with Crippen LogP contribution in [0.15, 0.2) is 18.2 Å². The van der Waals surface area contributed by atoms with E-state index in [1.165, 1.54) is 0 Å². The van der Waals surface area contributed by atoms with Gasteiger partial charge in [0.05, 0.1) is 12.8 Å². The highest BCUT2D eigenvalue weighted by molar-refractivity contribution is 5.92. The fourth-order valence-electron chi connectivity index (χ4n) is 2.33. The highest BCUT2D eigenvalue weighted by atomic mass is 16.5. The van der Waals surface area contributed by atoms with Crippen molar-refractivity contribution in [1.29, 1.82) is 0 Å². The second kappa shape index (κ2) is 7.26. The molecule has 110 valence electrons. The van der Waals surface area contributed by atoms with Crippen LogP contribution in [0, 0.1) is 6.92 Å². The van der Waals surface area contributed by atoms with Crippen LogP contribution in [0.5, 0.6) is 5.75 Å². The summed E-state index contributed by atoms with van der Waals surface area (Å²) in [5.74, 6) is 0.735. The predicted molar refractivity (Wildman–Crippen MR) is 80.3 cm³/mol. The Bertz CT molecular complexity index is 456. The molecule has 0 aromatic heterocycles. The van der Waals surface area contributed by atoms with Gasteiger partial charge in [0.15, 0.2) is 0 Å². The predicted octanol–water partition coefficient (Wildman–Crippen LogP) is 1.24. The summed E-state index contributed by atoms with van der Waals surface area (Å²) in [4.78, 5) is 14.3. The van der Waals surface area contributed by atoms with E-state index >= 15 is 0 Å². The van der Waals surface area contributed by atoms with E-state index in [2.05, 4.69) is 15.5 Å². The van der Waals surface area contributed by atoms with Gasteiger partial charge in [-0.15, -0.1) is 0 Å². The van der Waals surface area contributed by atoms with Crippen molar-refractivity contribution in [2.45, 2.75) is 13.3 Å². The molecule has 5 nitrogen and oxygen atoms in total. The molecule has 0 saturated carbocycles. The average molecular weight is 277 g/mol. The minimum Gasteiger partial charge on any atom is -0.495 e. The van der Waals surface area contributed by atoms with E-state index in [9.17, 15) is 4.79 Å². The normalized spacial score (nSPS) is 15.9. The van der Waals surface area contributed by atoms with Gasteiger partial charge in [-0.3, -0.25) is 4.79 Å². The number of nitrogens with zero attached hydrogens (tertiary/aromatic N) is 1. The van der Waals surface area contributed by atoms with Crippen molar-refractivity contribution in [1.82, 2.24) is 10.2 Å². The van der Waals surface area contributed by atoms with Gasteiger partial charge in [0, 0.05) is 39.1 Å². The lowest BCUT2D eigenvalue weighted by Crippen LogP contribution is -2.44. The molecule has 1 aromatic carbocycles. The van der Waals surface area contributed by atoms with Crippen molar-refractivity contribution in [3.63, 3.8) is 0 Å². The lowest BCUT2D eigenvalue weighted by atomic mass is 10.2. The molecule has 2 rings (SSSR count). The Balaban J connectivity index is 1.86. The second-order valence-electron chi connectivity index (χ2n) is 5.09. The van der Waals surface area contributed by atoms with Gasteiger partial charge in [0.1, 0.15) is 5.75 Å². The third kappa shape index (κ3) is 4.21. The van der Waals surface area contributed by atoms with Crippen LogP contribution in [-0.2, 0) is 4.79 Å². The minimum absolute atomic E-state index is 0.0347. The molecule has 5 heteroatoms. The zero-order valence-corrected chi connectivity index (χ0v) is 12.2. The van der Waals surface area contributed by atoms with E-state index < -0.39 is 0 Å². The smallest absolute Gasteiger partial charge is 0.225 e. The van der Waals surface area contributed by atoms with E-state index in [0.717, 1.165) is 44.0 Å².